The molecule has 0 spiro atoms. The quantitative estimate of drug-likeness (QED) is 0.656. The van der Waals surface area contributed by atoms with E-state index < -0.39 is 0 Å². The molecular weight excluding hydrogens is 376 g/mol. The van der Waals surface area contributed by atoms with Crippen molar-refractivity contribution < 1.29 is 5.11 Å². The van der Waals surface area contributed by atoms with Crippen molar-refractivity contribution >= 4 is 16.9 Å². The van der Waals surface area contributed by atoms with Crippen molar-refractivity contribution in [3.8, 4) is 10.7 Å². The molecule has 0 bridgehead atoms. The zero-order chi connectivity index (χ0) is 19.8. The molecule has 2 saturated carbocycles. The van der Waals surface area contributed by atoms with Crippen LogP contribution in [0.2, 0.25) is 0 Å². The minimum Gasteiger partial charge on any atom is -0.393 e. The maximum absolute atomic E-state index is 10.7. The fraction of sp³-hybridized carbons (Fsp3) is 0.600. The lowest BCUT2D eigenvalue weighted by Gasteiger charge is -2.56. The Morgan fingerprint density at radius 3 is 2.83 bits per heavy atom. The fourth-order valence-corrected chi connectivity index (χ4v) is 8.71. The number of nitrogens with zero attached hydrogens (tertiary/aromatic N) is 2. The van der Waals surface area contributed by atoms with Gasteiger partial charge in [0.1, 0.15) is 5.01 Å². The highest BCUT2D eigenvalue weighted by molar-refractivity contribution is 7.16. The van der Waals surface area contributed by atoms with Crippen molar-refractivity contribution in [2.75, 3.05) is 0 Å². The summed E-state index contributed by atoms with van der Waals surface area (Å²) >= 11 is 1.85. The normalized spacial score (nSPS) is 40.4. The van der Waals surface area contributed by atoms with Crippen LogP contribution in [0.25, 0.3) is 16.3 Å². The second kappa shape index (κ2) is 6.24. The molecule has 4 aliphatic carbocycles. The molecule has 1 N–H and O–H groups in total. The van der Waals surface area contributed by atoms with E-state index in [1.807, 2.05) is 29.7 Å². The van der Waals surface area contributed by atoms with E-state index >= 15 is 0 Å². The van der Waals surface area contributed by atoms with Crippen LogP contribution in [0.15, 0.2) is 30.5 Å². The Bertz CT molecular complexity index is 982. The van der Waals surface area contributed by atoms with Crippen molar-refractivity contribution in [1.29, 1.82) is 0 Å². The Labute approximate surface area is 177 Å². The van der Waals surface area contributed by atoms with Crippen LogP contribution in [-0.4, -0.2) is 21.2 Å². The molecule has 6 rings (SSSR count). The zero-order valence-corrected chi connectivity index (χ0v) is 18.2. The van der Waals surface area contributed by atoms with E-state index in [1.54, 1.807) is 5.57 Å². The molecule has 4 heteroatoms. The van der Waals surface area contributed by atoms with Gasteiger partial charge in [-0.1, -0.05) is 26.0 Å². The molecule has 2 heterocycles. The van der Waals surface area contributed by atoms with Gasteiger partial charge in [0, 0.05) is 6.20 Å². The van der Waals surface area contributed by atoms with Crippen molar-refractivity contribution in [1.82, 2.24) is 9.97 Å². The predicted octanol–water partition coefficient (Wildman–Crippen LogP) is 5.75. The summed E-state index contributed by atoms with van der Waals surface area (Å²) in [6, 6.07) is 6.09. The van der Waals surface area contributed by atoms with Gasteiger partial charge in [0.2, 0.25) is 0 Å². The van der Waals surface area contributed by atoms with E-state index in [2.05, 4.69) is 31.0 Å². The number of hydrogen-bond acceptors (Lipinski definition) is 4. The van der Waals surface area contributed by atoms with Crippen LogP contribution in [0.1, 0.15) is 62.9 Å². The first-order valence-electron chi connectivity index (χ1n) is 11.3. The third-order valence-electron chi connectivity index (χ3n) is 9.12. The minimum absolute atomic E-state index is 0.0907. The molecule has 152 valence electrons. The predicted molar refractivity (Wildman–Crippen MR) is 117 cm³/mol. The third-order valence-corrected chi connectivity index (χ3v) is 10.3. The third kappa shape index (κ3) is 2.45. The maximum atomic E-state index is 10.7. The number of aliphatic hydroxyl groups excluding tert-OH is 1. The summed E-state index contributed by atoms with van der Waals surface area (Å²) in [5.74, 6) is 2.18. The summed E-state index contributed by atoms with van der Waals surface area (Å²) in [4.78, 5) is 11.0. The van der Waals surface area contributed by atoms with Gasteiger partial charge in [0.05, 0.1) is 22.4 Å². The highest BCUT2D eigenvalue weighted by atomic mass is 32.1. The Morgan fingerprint density at radius 2 is 2.00 bits per heavy atom. The number of allylic oxidation sites excluding steroid dienone is 2. The summed E-state index contributed by atoms with van der Waals surface area (Å²) in [7, 11) is 0. The molecule has 0 radical (unpaired) electrons. The maximum Gasteiger partial charge on any atom is 0.142 e. The Balaban J connectivity index is 1.40. The van der Waals surface area contributed by atoms with E-state index in [0.717, 1.165) is 35.4 Å². The molecule has 0 aliphatic heterocycles. The molecule has 0 aromatic carbocycles. The molecule has 2 aromatic heterocycles. The Kier molecular flexibility index (Phi) is 3.93. The first-order valence-corrected chi connectivity index (χ1v) is 12.1. The molecule has 2 aromatic rings. The van der Waals surface area contributed by atoms with Crippen LogP contribution in [-0.2, 0) is 6.42 Å². The average molecular weight is 407 g/mol. The van der Waals surface area contributed by atoms with Crippen LogP contribution < -0.4 is 0 Å². The summed E-state index contributed by atoms with van der Waals surface area (Å²) in [5.41, 5.74) is 4.27. The molecule has 0 amide bonds. The molecule has 6 atom stereocenters. The highest BCUT2D eigenvalue weighted by Crippen LogP contribution is 2.66. The highest BCUT2D eigenvalue weighted by Gasteiger charge is 2.58. The second-order valence-electron chi connectivity index (χ2n) is 10.3. The van der Waals surface area contributed by atoms with E-state index in [0.29, 0.717) is 5.92 Å². The first-order chi connectivity index (χ1) is 14.0. The smallest absolute Gasteiger partial charge is 0.142 e. The van der Waals surface area contributed by atoms with E-state index in [1.165, 1.54) is 42.7 Å². The van der Waals surface area contributed by atoms with E-state index in [4.69, 9.17) is 4.98 Å². The van der Waals surface area contributed by atoms with Crippen LogP contribution in [0.5, 0.6) is 0 Å². The molecule has 3 nitrogen and oxygen atoms in total. The van der Waals surface area contributed by atoms with Gasteiger partial charge in [-0.3, -0.25) is 4.98 Å². The number of aryl methyl sites for hydroxylation is 1. The Hall–Kier alpha value is -1.52. The second-order valence-corrected chi connectivity index (χ2v) is 11.3. The van der Waals surface area contributed by atoms with Gasteiger partial charge >= 0.3 is 0 Å². The molecule has 4 aliphatic rings. The molecule has 2 fully saturated rings. The fourth-order valence-electron chi connectivity index (χ4n) is 7.45. The van der Waals surface area contributed by atoms with Crippen molar-refractivity contribution in [2.45, 2.75) is 64.9 Å². The summed E-state index contributed by atoms with van der Waals surface area (Å²) in [6.07, 6.45) is 12.5. The first kappa shape index (κ1) is 18.3. The lowest BCUT2D eigenvalue weighted by molar-refractivity contribution is -0.0579. The van der Waals surface area contributed by atoms with Crippen molar-refractivity contribution in [2.24, 2.45) is 28.6 Å². The number of rotatable bonds is 1. The van der Waals surface area contributed by atoms with Gasteiger partial charge in [-0.15, -0.1) is 11.3 Å². The van der Waals surface area contributed by atoms with Gasteiger partial charge in [0.15, 0.2) is 0 Å². The van der Waals surface area contributed by atoms with Crippen LogP contribution >= 0.6 is 11.3 Å². The number of fused-ring (bicyclic) bond motifs is 7. The summed E-state index contributed by atoms with van der Waals surface area (Å²) < 4.78 is 0. The topological polar surface area (TPSA) is 46.0 Å². The number of aliphatic hydroxyl groups is 1. The van der Waals surface area contributed by atoms with Gasteiger partial charge in [-0.05, 0) is 91.2 Å². The number of pyridine rings is 1. The Morgan fingerprint density at radius 1 is 1.10 bits per heavy atom. The lowest BCUT2D eigenvalue weighted by atomic mass is 9.48. The minimum atomic E-state index is -0.0907. The van der Waals surface area contributed by atoms with E-state index in [-0.39, 0.29) is 16.9 Å². The largest absolute Gasteiger partial charge is 0.393 e. The standard InChI is InChI=1S/C25H30N2OS/c1-24-13-11-19-22(29-23(27-19)20-5-3-4-14-26-20)18(24)7-6-15-16-8-9-21(28)25(16,2)12-10-17(15)24/h3-5,7,14-17,21,28H,6,8-13H2,1-2H3/t15-,16-,17-,21-,24+,25-/m0/s1. The SMILES string of the molecule is C[C@]12CC[C@H]3[C@@H](CC=C4c5sc(-c6ccccn6)nc5CC[C@@]43C)[C@@H]1CC[C@@H]2O. The molecule has 29 heavy (non-hydrogen) atoms. The van der Waals surface area contributed by atoms with E-state index in [9.17, 15) is 5.11 Å². The average Bonchev–Trinajstić information content (AvgIpc) is 3.29. The van der Waals surface area contributed by atoms with Crippen LogP contribution in [0.4, 0.5) is 0 Å². The summed E-state index contributed by atoms with van der Waals surface area (Å²) in [5, 5.41) is 11.8. The number of thiazole rings is 1. The number of aromatic nitrogens is 2. The lowest BCUT2D eigenvalue weighted by Crippen LogP contribution is -2.50. The van der Waals surface area contributed by atoms with Crippen molar-refractivity contribution in [3.05, 3.63) is 41.0 Å². The van der Waals surface area contributed by atoms with Gasteiger partial charge < -0.3 is 5.11 Å². The van der Waals surface area contributed by atoms with Crippen LogP contribution in [0.3, 0.4) is 0 Å². The molecule has 0 saturated heterocycles. The number of hydrogen-bond donors (Lipinski definition) is 1. The van der Waals surface area contributed by atoms with Crippen LogP contribution in [0, 0.1) is 28.6 Å². The van der Waals surface area contributed by atoms with Gasteiger partial charge in [0.25, 0.3) is 0 Å². The molecule has 0 unspecified atom stereocenters. The van der Waals surface area contributed by atoms with Gasteiger partial charge in [-0.25, -0.2) is 4.98 Å². The zero-order valence-electron chi connectivity index (χ0n) is 17.4. The molecular formula is C25H30N2OS. The van der Waals surface area contributed by atoms with Crippen molar-refractivity contribution in [3.63, 3.8) is 0 Å². The van der Waals surface area contributed by atoms with Gasteiger partial charge in [-0.2, -0.15) is 0 Å². The summed E-state index contributed by atoms with van der Waals surface area (Å²) in [6.45, 7) is 4.90. The monoisotopic (exact) mass is 406 g/mol.